The molecule has 3 aliphatic rings. The summed E-state index contributed by atoms with van der Waals surface area (Å²) in [6.07, 6.45) is 5.48. The Labute approximate surface area is 148 Å². The van der Waals surface area contributed by atoms with Gasteiger partial charge in [0.2, 0.25) is 11.8 Å². The van der Waals surface area contributed by atoms with Gasteiger partial charge in [0.15, 0.2) is 0 Å². The van der Waals surface area contributed by atoms with Gasteiger partial charge in [-0.05, 0) is 49.7 Å². The molecular weight excluding hydrogens is 316 g/mol. The highest BCUT2D eigenvalue weighted by Crippen LogP contribution is 2.35. The fourth-order valence-corrected chi connectivity index (χ4v) is 3.87. The second-order valence-electron chi connectivity index (χ2n) is 7.34. The zero-order chi connectivity index (χ0) is 17.2. The highest BCUT2D eigenvalue weighted by molar-refractivity contribution is 5.95. The van der Waals surface area contributed by atoms with E-state index in [2.05, 4.69) is 22.2 Å². The Balaban J connectivity index is 1.17. The number of nitrogens with one attached hydrogen (secondary N) is 3. The molecule has 0 spiro atoms. The molecule has 1 saturated heterocycles. The van der Waals surface area contributed by atoms with Gasteiger partial charge in [-0.2, -0.15) is 0 Å². The predicted octanol–water partition coefficient (Wildman–Crippen LogP) is 1.12. The minimum Gasteiger partial charge on any atom is -0.355 e. The molecule has 0 radical (unpaired) electrons. The molecule has 134 valence electrons. The molecule has 2 amide bonds. The minimum atomic E-state index is -0.147. The molecule has 2 atom stereocenters. The highest BCUT2D eigenvalue weighted by atomic mass is 16.2. The molecule has 1 saturated carbocycles. The van der Waals surface area contributed by atoms with Crippen molar-refractivity contribution in [2.24, 2.45) is 5.92 Å². The lowest BCUT2D eigenvalue weighted by Gasteiger charge is -2.17. The summed E-state index contributed by atoms with van der Waals surface area (Å²) in [5, 5.41) is 2.96. The number of nitrogens with zero attached hydrogens (tertiary/aromatic N) is 1. The Bertz CT molecular complexity index is 659. The Hall–Kier alpha value is -1.92. The van der Waals surface area contributed by atoms with Crippen molar-refractivity contribution >= 4 is 17.5 Å². The summed E-state index contributed by atoms with van der Waals surface area (Å²) in [5.74, 6) is 0.925. The van der Waals surface area contributed by atoms with Crippen LogP contribution in [-0.4, -0.2) is 37.0 Å². The van der Waals surface area contributed by atoms with Crippen LogP contribution in [0.25, 0.3) is 0 Å². The molecular formula is C19H26N4O2. The first-order valence-corrected chi connectivity index (χ1v) is 9.39. The van der Waals surface area contributed by atoms with E-state index in [4.69, 9.17) is 0 Å². The van der Waals surface area contributed by atoms with Crippen molar-refractivity contribution in [1.29, 1.82) is 0 Å². The van der Waals surface area contributed by atoms with Crippen LogP contribution in [0.5, 0.6) is 0 Å². The third-order valence-electron chi connectivity index (χ3n) is 5.49. The first kappa shape index (κ1) is 16.5. The standard InChI is InChI=1S/C19H26N4O2/c24-18(23-11-9-14-4-1-2-5-17(14)23)6-3-10-20-19(25)16-12-15(21-22-16)13-7-8-13/h1-2,4-5,13,15-16,21-22H,3,6-12H2,(H,20,25). The number of carbonyl (C=O) groups is 2. The summed E-state index contributed by atoms with van der Waals surface area (Å²) in [7, 11) is 0. The molecule has 2 aliphatic heterocycles. The van der Waals surface area contributed by atoms with Gasteiger partial charge in [-0.15, -0.1) is 0 Å². The minimum absolute atomic E-state index is 0.0367. The van der Waals surface area contributed by atoms with E-state index in [0.29, 0.717) is 25.4 Å². The molecule has 2 unspecified atom stereocenters. The molecule has 6 nitrogen and oxygen atoms in total. The Morgan fingerprint density at radius 2 is 2.04 bits per heavy atom. The van der Waals surface area contributed by atoms with E-state index in [9.17, 15) is 9.59 Å². The van der Waals surface area contributed by atoms with E-state index in [1.165, 1.54) is 18.4 Å². The molecule has 3 N–H and O–H groups in total. The van der Waals surface area contributed by atoms with Crippen LogP contribution in [0.4, 0.5) is 5.69 Å². The average molecular weight is 342 g/mol. The summed E-state index contributed by atoms with van der Waals surface area (Å²) in [4.78, 5) is 26.5. The Kier molecular flexibility index (Phi) is 4.72. The second-order valence-corrected chi connectivity index (χ2v) is 7.34. The lowest BCUT2D eigenvalue weighted by Crippen LogP contribution is -2.43. The molecule has 25 heavy (non-hydrogen) atoms. The van der Waals surface area contributed by atoms with Crippen LogP contribution < -0.4 is 21.1 Å². The molecule has 4 rings (SSSR count). The number of benzene rings is 1. The lowest BCUT2D eigenvalue weighted by molar-refractivity contribution is -0.123. The Morgan fingerprint density at radius 3 is 2.88 bits per heavy atom. The van der Waals surface area contributed by atoms with E-state index in [-0.39, 0.29) is 17.9 Å². The Morgan fingerprint density at radius 1 is 1.20 bits per heavy atom. The third kappa shape index (κ3) is 3.70. The quantitative estimate of drug-likeness (QED) is 0.678. The molecule has 0 bridgehead atoms. The number of amides is 2. The molecule has 2 heterocycles. The number of para-hydroxylation sites is 1. The van der Waals surface area contributed by atoms with E-state index < -0.39 is 0 Å². The van der Waals surface area contributed by atoms with Gasteiger partial charge < -0.3 is 10.2 Å². The van der Waals surface area contributed by atoms with E-state index in [1.807, 2.05) is 23.1 Å². The maximum Gasteiger partial charge on any atom is 0.238 e. The number of hydrogen-bond acceptors (Lipinski definition) is 4. The number of hydrogen-bond donors (Lipinski definition) is 3. The third-order valence-corrected chi connectivity index (χ3v) is 5.49. The zero-order valence-electron chi connectivity index (χ0n) is 14.5. The summed E-state index contributed by atoms with van der Waals surface area (Å²) < 4.78 is 0. The van der Waals surface area contributed by atoms with Crippen LogP contribution in [0.3, 0.4) is 0 Å². The van der Waals surface area contributed by atoms with Gasteiger partial charge in [0.1, 0.15) is 6.04 Å². The average Bonchev–Trinajstić information content (AvgIpc) is 3.20. The SMILES string of the molecule is O=C(NCCCC(=O)N1CCc2ccccc21)C1CC(C2CC2)NN1. The van der Waals surface area contributed by atoms with E-state index in [1.54, 1.807) is 0 Å². The predicted molar refractivity (Wildman–Crippen MR) is 95.9 cm³/mol. The molecule has 1 aromatic rings. The van der Waals surface area contributed by atoms with E-state index >= 15 is 0 Å². The van der Waals surface area contributed by atoms with Crippen LogP contribution in [-0.2, 0) is 16.0 Å². The van der Waals surface area contributed by atoms with Crippen molar-refractivity contribution in [3.63, 3.8) is 0 Å². The molecule has 6 heteroatoms. The fraction of sp³-hybridized carbons (Fsp3) is 0.579. The fourth-order valence-electron chi connectivity index (χ4n) is 3.87. The lowest BCUT2D eigenvalue weighted by atomic mass is 10.1. The molecule has 1 aliphatic carbocycles. The van der Waals surface area contributed by atoms with Crippen LogP contribution >= 0.6 is 0 Å². The maximum atomic E-state index is 12.4. The highest BCUT2D eigenvalue weighted by Gasteiger charge is 2.38. The molecule has 0 aromatic heterocycles. The number of fused-ring (bicyclic) bond motifs is 1. The largest absolute Gasteiger partial charge is 0.355 e. The molecule has 1 aromatic carbocycles. The first-order chi connectivity index (χ1) is 12.2. The smallest absolute Gasteiger partial charge is 0.238 e. The zero-order valence-corrected chi connectivity index (χ0v) is 14.5. The number of rotatable bonds is 6. The second kappa shape index (κ2) is 7.14. The summed E-state index contributed by atoms with van der Waals surface area (Å²) in [6, 6.07) is 8.38. The summed E-state index contributed by atoms with van der Waals surface area (Å²) >= 11 is 0. The van der Waals surface area contributed by atoms with Gasteiger partial charge in [0.05, 0.1) is 0 Å². The maximum absolute atomic E-state index is 12.4. The van der Waals surface area contributed by atoms with Gasteiger partial charge >= 0.3 is 0 Å². The topological polar surface area (TPSA) is 73.5 Å². The summed E-state index contributed by atoms with van der Waals surface area (Å²) in [6.45, 7) is 1.32. The van der Waals surface area contributed by atoms with Crippen molar-refractivity contribution in [1.82, 2.24) is 16.2 Å². The van der Waals surface area contributed by atoms with Crippen molar-refractivity contribution in [3.05, 3.63) is 29.8 Å². The van der Waals surface area contributed by atoms with Crippen molar-refractivity contribution < 1.29 is 9.59 Å². The van der Waals surface area contributed by atoms with Crippen LogP contribution in [0, 0.1) is 5.92 Å². The normalized spacial score (nSPS) is 25.0. The molecule has 2 fully saturated rings. The van der Waals surface area contributed by atoms with Crippen LogP contribution in [0.1, 0.15) is 37.7 Å². The number of hydrazine groups is 1. The van der Waals surface area contributed by atoms with Crippen LogP contribution in [0.15, 0.2) is 24.3 Å². The van der Waals surface area contributed by atoms with Gasteiger partial charge in [0, 0.05) is 31.2 Å². The van der Waals surface area contributed by atoms with Crippen molar-refractivity contribution in [2.45, 2.75) is 50.6 Å². The van der Waals surface area contributed by atoms with Gasteiger partial charge in [-0.1, -0.05) is 18.2 Å². The monoisotopic (exact) mass is 342 g/mol. The van der Waals surface area contributed by atoms with Crippen LogP contribution in [0.2, 0.25) is 0 Å². The number of carbonyl (C=O) groups excluding carboxylic acids is 2. The van der Waals surface area contributed by atoms with Crippen molar-refractivity contribution in [3.8, 4) is 0 Å². The first-order valence-electron chi connectivity index (χ1n) is 9.39. The van der Waals surface area contributed by atoms with Crippen molar-refractivity contribution in [2.75, 3.05) is 18.0 Å². The van der Waals surface area contributed by atoms with Gasteiger partial charge in [0.25, 0.3) is 0 Å². The van der Waals surface area contributed by atoms with E-state index in [0.717, 1.165) is 31.0 Å². The summed E-state index contributed by atoms with van der Waals surface area (Å²) in [5.41, 5.74) is 8.62. The number of anilines is 1. The van der Waals surface area contributed by atoms with Gasteiger partial charge in [-0.25, -0.2) is 5.43 Å². The van der Waals surface area contributed by atoms with Gasteiger partial charge in [-0.3, -0.25) is 15.0 Å².